The maximum Gasteiger partial charge on any atom is 0.385 e. The van der Waals surface area contributed by atoms with Crippen LogP contribution in [0.1, 0.15) is 10.6 Å². The van der Waals surface area contributed by atoms with E-state index in [1.165, 1.54) is 0 Å². The summed E-state index contributed by atoms with van der Waals surface area (Å²) in [7, 11) is 1.92. The Morgan fingerprint density at radius 1 is 1.67 bits per heavy atom. The summed E-state index contributed by atoms with van der Waals surface area (Å²) in [5.41, 5.74) is 0. The molecule has 1 aromatic heterocycles. The SMILES string of the molecule is CN1C=CC(OC(=O)c2nn[nH]n2)=CC1. The van der Waals surface area contributed by atoms with E-state index in [1.807, 2.05) is 18.1 Å². The average molecular weight is 207 g/mol. The highest BCUT2D eigenvalue weighted by Crippen LogP contribution is 2.08. The van der Waals surface area contributed by atoms with E-state index in [1.54, 1.807) is 12.2 Å². The van der Waals surface area contributed by atoms with Gasteiger partial charge < -0.3 is 9.64 Å². The molecule has 0 atom stereocenters. The predicted molar refractivity (Wildman–Crippen MR) is 49.4 cm³/mol. The van der Waals surface area contributed by atoms with Crippen molar-refractivity contribution in [3.05, 3.63) is 29.9 Å². The third-order valence-corrected chi connectivity index (χ3v) is 1.81. The Hall–Kier alpha value is -2.18. The molecule has 1 aliphatic heterocycles. The molecule has 1 aromatic rings. The van der Waals surface area contributed by atoms with Crippen molar-refractivity contribution in [2.24, 2.45) is 0 Å². The zero-order valence-electron chi connectivity index (χ0n) is 8.04. The lowest BCUT2D eigenvalue weighted by Gasteiger charge is -2.16. The first-order valence-electron chi connectivity index (χ1n) is 4.30. The number of likely N-dealkylation sites (N-methyl/N-ethyl adjacent to an activating group) is 1. The number of nitrogens with zero attached hydrogens (tertiary/aromatic N) is 4. The van der Waals surface area contributed by atoms with E-state index >= 15 is 0 Å². The maximum atomic E-state index is 11.4. The molecule has 0 aromatic carbocycles. The molecule has 0 saturated heterocycles. The van der Waals surface area contributed by atoms with E-state index in [0.29, 0.717) is 12.3 Å². The van der Waals surface area contributed by atoms with Crippen LogP contribution in [0.15, 0.2) is 24.1 Å². The van der Waals surface area contributed by atoms with Crippen molar-refractivity contribution in [1.29, 1.82) is 0 Å². The summed E-state index contributed by atoms with van der Waals surface area (Å²) in [4.78, 5) is 13.3. The van der Waals surface area contributed by atoms with Gasteiger partial charge in [-0.1, -0.05) is 0 Å². The second-order valence-corrected chi connectivity index (χ2v) is 2.99. The minimum atomic E-state index is -0.621. The molecule has 7 heteroatoms. The molecule has 0 bridgehead atoms. The first-order chi connectivity index (χ1) is 7.25. The predicted octanol–water partition coefficient (Wildman–Crippen LogP) is -0.301. The summed E-state index contributed by atoms with van der Waals surface area (Å²) in [5.74, 6) is -0.213. The van der Waals surface area contributed by atoms with Gasteiger partial charge in [0.1, 0.15) is 5.76 Å². The summed E-state index contributed by atoms with van der Waals surface area (Å²) < 4.78 is 5.01. The molecule has 0 fully saturated rings. The maximum absolute atomic E-state index is 11.4. The Kier molecular flexibility index (Phi) is 2.44. The molecule has 2 heterocycles. The lowest BCUT2D eigenvalue weighted by atomic mass is 10.3. The van der Waals surface area contributed by atoms with Gasteiger partial charge in [0.2, 0.25) is 0 Å². The standard InChI is InChI=1S/C8H9N5O2/c1-13-4-2-6(3-5-13)15-8(14)7-9-11-12-10-7/h2-4H,5H2,1H3,(H,9,10,11,12). The monoisotopic (exact) mass is 207 g/mol. The number of aromatic amines is 1. The topological polar surface area (TPSA) is 84.0 Å². The van der Waals surface area contributed by atoms with Crippen LogP contribution in [0.25, 0.3) is 0 Å². The minimum absolute atomic E-state index is 0.0803. The van der Waals surface area contributed by atoms with Gasteiger partial charge in [0.15, 0.2) is 0 Å². The highest BCUT2D eigenvalue weighted by atomic mass is 16.5. The number of aromatic nitrogens is 4. The number of hydrogen-bond acceptors (Lipinski definition) is 6. The van der Waals surface area contributed by atoms with Crippen LogP contribution in [0.3, 0.4) is 0 Å². The van der Waals surface area contributed by atoms with E-state index in [9.17, 15) is 4.79 Å². The molecule has 0 amide bonds. The van der Waals surface area contributed by atoms with Crippen LogP contribution in [0.2, 0.25) is 0 Å². The number of allylic oxidation sites excluding steroid dienone is 1. The first kappa shape index (κ1) is 9.38. The van der Waals surface area contributed by atoms with Gasteiger partial charge in [-0.05, 0) is 17.4 Å². The molecule has 78 valence electrons. The number of ether oxygens (including phenoxy) is 1. The zero-order valence-corrected chi connectivity index (χ0v) is 8.04. The van der Waals surface area contributed by atoms with E-state index < -0.39 is 5.97 Å². The summed E-state index contributed by atoms with van der Waals surface area (Å²) in [6, 6.07) is 0. The van der Waals surface area contributed by atoms with Gasteiger partial charge >= 0.3 is 5.97 Å². The number of nitrogens with one attached hydrogen (secondary N) is 1. The fourth-order valence-electron chi connectivity index (χ4n) is 1.04. The van der Waals surface area contributed by atoms with Gasteiger partial charge in [0.05, 0.1) is 0 Å². The van der Waals surface area contributed by atoms with Gasteiger partial charge in [0, 0.05) is 19.8 Å². The third kappa shape index (κ3) is 2.19. The van der Waals surface area contributed by atoms with Crippen molar-refractivity contribution in [2.45, 2.75) is 0 Å². The zero-order chi connectivity index (χ0) is 10.7. The molecule has 0 radical (unpaired) electrons. The van der Waals surface area contributed by atoms with Crippen LogP contribution in [0, 0.1) is 0 Å². The normalized spacial score (nSPS) is 15.0. The Labute approximate surface area is 85.4 Å². The van der Waals surface area contributed by atoms with Gasteiger partial charge in [-0.25, -0.2) is 4.79 Å². The number of carbonyl (C=O) groups excluding carboxylic acids is 1. The smallest absolute Gasteiger partial charge is 0.385 e. The quantitative estimate of drug-likeness (QED) is 0.670. The van der Waals surface area contributed by atoms with Crippen LogP contribution in [0.4, 0.5) is 0 Å². The molecule has 2 rings (SSSR count). The summed E-state index contributed by atoms with van der Waals surface area (Å²) >= 11 is 0. The van der Waals surface area contributed by atoms with Crippen molar-refractivity contribution in [2.75, 3.05) is 13.6 Å². The molecule has 0 unspecified atom stereocenters. The van der Waals surface area contributed by atoms with E-state index in [2.05, 4.69) is 20.6 Å². The van der Waals surface area contributed by atoms with Crippen LogP contribution < -0.4 is 0 Å². The largest absolute Gasteiger partial charge is 0.421 e. The Morgan fingerprint density at radius 3 is 3.13 bits per heavy atom. The van der Waals surface area contributed by atoms with E-state index in [-0.39, 0.29) is 5.82 Å². The van der Waals surface area contributed by atoms with Crippen LogP contribution in [-0.2, 0) is 4.74 Å². The number of esters is 1. The summed E-state index contributed by atoms with van der Waals surface area (Å²) in [6.07, 6.45) is 5.30. The number of tetrazole rings is 1. The molecule has 15 heavy (non-hydrogen) atoms. The van der Waals surface area contributed by atoms with Crippen LogP contribution in [-0.4, -0.2) is 45.1 Å². The minimum Gasteiger partial charge on any atom is -0.421 e. The summed E-state index contributed by atoms with van der Waals surface area (Å²) in [5, 5.41) is 12.5. The Bertz CT molecular complexity index is 409. The van der Waals surface area contributed by atoms with Crippen LogP contribution >= 0.6 is 0 Å². The van der Waals surface area contributed by atoms with Gasteiger partial charge in [-0.2, -0.15) is 5.21 Å². The molecule has 0 saturated carbocycles. The molecule has 1 aliphatic rings. The average Bonchev–Trinajstić information content (AvgIpc) is 2.74. The van der Waals surface area contributed by atoms with Gasteiger partial charge in [0.25, 0.3) is 5.82 Å². The Balaban J connectivity index is 1.99. The highest BCUT2D eigenvalue weighted by Gasteiger charge is 2.14. The number of carbonyl (C=O) groups is 1. The van der Waals surface area contributed by atoms with Gasteiger partial charge in [-0.15, -0.1) is 10.2 Å². The Morgan fingerprint density at radius 2 is 2.53 bits per heavy atom. The first-order valence-corrected chi connectivity index (χ1v) is 4.30. The molecule has 0 spiro atoms. The molecular weight excluding hydrogens is 198 g/mol. The molecule has 0 aliphatic carbocycles. The molecular formula is C8H9N5O2. The van der Waals surface area contributed by atoms with Crippen molar-refractivity contribution in [3.8, 4) is 0 Å². The van der Waals surface area contributed by atoms with Crippen molar-refractivity contribution >= 4 is 5.97 Å². The summed E-state index contributed by atoms with van der Waals surface area (Å²) in [6.45, 7) is 0.700. The van der Waals surface area contributed by atoms with Crippen molar-refractivity contribution in [3.63, 3.8) is 0 Å². The van der Waals surface area contributed by atoms with Crippen LogP contribution in [0.5, 0.6) is 0 Å². The fraction of sp³-hybridized carbons (Fsp3) is 0.250. The lowest BCUT2D eigenvalue weighted by Crippen LogP contribution is -2.16. The van der Waals surface area contributed by atoms with E-state index in [4.69, 9.17) is 4.74 Å². The van der Waals surface area contributed by atoms with E-state index in [0.717, 1.165) is 0 Å². The second-order valence-electron chi connectivity index (χ2n) is 2.99. The fourth-order valence-corrected chi connectivity index (χ4v) is 1.04. The molecule has 1 N–H and O–H groups in total. The van der Waals surface area contributed by atoms with Crippen molar-refractivity contribution < 1.29 is 9.53 Å². The number of rotatable bonds is 2. The highest BCUT2D eigenvalue weighted by molar-refractivity contribution is 5.85. The van der Waals surface area contributed by atoms with Gasteiger partial charge in [-0.3, -0.25) is 0 Å². The van der Waals surface area contributed by atoms with Crippen molar-refractivity contribution in [1.82, 2.24) is 25.5 Å². The number of hydrogen-bond donors (Lipinski definition) is 1. The number of H-pyrrole nitrogens is 1. The third-order valence-electron chi connectivity index (χ3n) is 1.81. The second kappa shape index (κ2) is 3.91. The lowest BCUT2D eigenvalue weighted by molar-refractivity contribution is 0.0620. The molecule has 7 nitrogen and oxygen atoms in total.